The SMILES string of the molecule is Cc1ccccc1N1Cc2cnc(N(CC(N)=O)C3CCN(CC(N)=O)CC3)nc2N(C)C1=O. The third kappa shape index (κ3) is 4.79. The van der Waals surface area contributed by atoms with Crippen LogP contribution >= 0.6 is 0 Å². The molecule has 1 fully saturated rings. The molecule has 0 radical (unpaired) electrons. The number of anilines is 3. The van der Waals surface area contributed by atoms with Crippen LogP contribution in [0.5, 0.6) is 0 Å². The van der Waals surface area contributed by atoms with E-state index in [0.29, 0.717) is 44.2 Å². The molecule has 3 heterocycles. The smallest absolute Gasteiger partial charge is 0.330 e. The summed E-state index contributed by atoms with van der Waals surface area (Å²) in [6, 6.07) is 7.51. The van der Waals surface area contributed by atoms with E-state index in [4.69, 9.17) is 11.5 Å². The van der Waals surface area contributed by atoms with Crippen molar-refractivity contribution in [1.29, 1.82) is 0 Å². The van der Waals surface area contributed by atoms with Crippen LogP contribution in [0.4, 0.5) is 22.2 Å². The third-order valence-corrected chi connectivity index (χ3v) is 6.36. The fourth-order valence-electron chi connectivity index (χ4n) is 4.63. The lowest BCUT2D eigenvalue weighted by molar-refractivity contribution is -0.119. The van der Waals surface area contributed by atoms with Crippen molar-refractivity contribution in [1.82, 2.24) is 14.9 Å². The summed E-state index contributed by atoms with van der Waals surface area (Å²) in [7, 11) is 1.68. The van der Waals surface area contributed by atoms with Crippen molar-refractivity contribution >= 4 is 35.3 Å². The fourth-order valence-corrected chi connectivity index (χ4v) is 4.63. The van der Waals surface area contributed by atoms with Gasteiger partial charge in [-0.25, -0.2) is 9.78 Å². The second-order valence-electron chi connectivity index (χ2n) is 8.80. The van der Waals surface area contributed by atoms with Crippen LogP contribution in [0, 0.1) is 6.92 Å². The molecule has 34 heavy (non-hydrogen) atoms. The minimum atomic E-state index is -0.490. The molecule has 11 nitrogen and oxygen atoms in total. The zero-order valence-corrected chi connectivity index (χ0v) is 19.5. The van der Waals surface area contributed by atoms with E-state index in [1.54, 1.807) is 23.0 Å². The second-order valence-corrected chi connectivity index (χ2v) is 8.80. The molecule has 11 heteroatoms. The van der Waals surface area contributed by atoms with Crippen LogP contribution in [0.25, 0.3) is 0 Å². The highest BCUT2D eigenvalue weighted by Gasteiger charge is 2.33. The first kappa shape index (κ1) is 23.4. The number of aromatic nitrogens is 2. The number of aryl methyl sites for hydroxylation is 1. The summed E-state index contributed by atoms with van der Waals surface area (Å²) in [6.07, 6.45) is 3.12. The first-order chi connectivity index (χ1) is 16.2. The Kier molecular flexibility index (Phi) is 6.64. The molecule has 0 saturated carbocycles. The Morgan fingerprint density at radius 1 is 1.15 bits per heavy atom. The molecule has 180 valence electrons. The van der Waals surface area contributed by atoms with Gasteiger partial charge in [-0.1, -0.05) is 18.2 Å². The highest BCUT2D eigenvalue weighted by molar-refractivity contribution is 6.05. The Balaban J connectivity index is 1.59. The summed E-state index contributed by atoms with van der Waals surface area (Å²) in [5, 5.41) is 0. The van der Waals surface area contributed by atoms with Gasteiger partial charge in [0.2, 0.25) is 17.8 Å². The maximum atomic E-state index is 13.2. The number of nitrogens with two attached hydrogens (primary N) is 2. The van der Waals surface area contributed by atoms with E-state index in [9.17, 15) is 14.4 Å². The molecule has 2 aliphatic heterocycles. The van der Waals surface area contributed by atoms with Crippen molar-refractivity contribution in [3.05, 3.63) is 41.6 Å². The topological polar surface area (TPSA) is 142 Å². The zero-order chi connectivity index (χ0) is 24.4. The normalized spacial score (nSPS) is 16.9. The van der Waals surface area contributed by atoms with Gasteiger partial charge in [0.25, 0.3) is 0 Å². The molecular formula is C23H30N8O3. The van der Waals surface area contributed by atoms with Crippen molar-refractivity contribution in [2.24, 2.45) is 11.5 Å². The summed E-state index contributed by atoms with van der Waals surface area (Å²) >= 11 is 0. The van der Waals surface area contributed by atoms with Gasteiger partial charge >= 0.3 is 6.03 Å². The predicted molar refractivity (Wildman–Crippen MR) is 128 cm³/mol. The summed E-state index contributed by atoms with van der Waals surface area (Å²) in [4.78, 5) is 52.5. The van der Waals surface area contributed by atoms with Crippen LogP contribution in [0.2, 0.25) is 0 Å². The number of fused-ring (bicyclic) bond motifs is 1. The van der Waals surface area contributed by atoms with Gasteiger partial charge in [-0.2, -0.15) is 4.98 Å². The van der Waals surface area contributed by atoms with Crippen molar-refractivity contribution < 1.29 is 14.4 Å². The van der Waals surface area contributed by atoms with Crippen molar-refractivity contribution in [2.75, 3.05) is 47.9 Å². The Hall–Kier alpha value is -3.73. The van der Waals surface area contributed by atoms with Crippen molar-refractivity contribution in [3.8, 4) is 0 Å². The number of carbonyl (C=O) groups excluding carboxylic acids is 3. The molecule has 0 bridgehead atoms. The molecule has 4 rings (SSSR count). The number of primary amides is 2. The van der Waals surface area contributed by atoms with Gasteiger partial charge in [0.1, 0.15) is 5.82 Å². The molecule has 0 aliphatic carbocycles. The van der Waals surface area contributed by atoms with Gasteiger partial charge in [-0.3, -0.25) is 24.3 Å². The molecule has 1 aromatic carbocycles. The number of hydrogen-bond acceptors (Lipinski definition) is 7. The van der Waals surface area contributed by atoms with Crippen molar-refractivity contribution in [3.63, 3.8) is 0 Å². The Labute approximate surface area is 198 Å². The Morgan fingerprint density at radius 3 is 2.50 bits per heavy atom. The summed E-state index contributed by atoms with van der Waals surface area (Å²) in [6.45, 7) is 3.82. The number of hydrogen-bond donors (Lipinski definition) is 2. The zero-order valence-electron chi connectivity index (χ0n) is 19.5. The summed E-state index contributed by atoms with van der Waals surface area (Å²) < 4.78 is 0. The number of nitrogens with zero attached hydrogens (tertiary/aromatic N) is 6. The van der Waals surface area contributed by atoms with E-state index in [2.05, 4.69) is 9.97 Å². The van der Waals surface area contributed by atoms with Gasteiger partial charge in [-0.15, -0.1) is 0 Å². The second kappa shape index (κ2) is 9.64. The molecule has 1 aromatic heterocycles. The first-order valence-electron chi connectivity index (χ1n) is 11.3. The maximum Gasteiger partial charge on any atom is 0.330 e. The van der Waals surface area contributed by atoms with E-state index in [1.807, 2.05) is 36.1 Å². The highest BCUT2D eigenvalue weighted by Crippen LogP contribution is 2.32. The molecule has 0 unspecified atom stereocenters. The van der Waals surface area contributed by atoms with E-state index in [-0.39, 0.29) is 31.1 Å². The molecule has 4 N–H and O–H groups in total. The number of rotatable bonds is 7. The Morgan fingerprint density at radius 2 is 1.85 bits per heavy atom. The van der Waals surface area contributed by atoms with E-state index < -0.39 is 5.91 Å². The van der Waals surface area contributed by atoms with Crippen LogP contribution < -0.4 is 26.2 Å². The predicted octanol–water partition coefficient (Wildman–Crippen LogP) is 0.603. The molecule has 2 aliphatic rings. The molecule has 1 saturated heterocycles. The fraction of sp³-hybridized carbons (Fsp3) is 0.435. The van der Waals surface area contributed by atoms with E-state index in [0.717, 1.165) is 16.8 Å². The maximum absolute atomic E-state index is 13.2. The van der Waals surface area contributed by atoms with Crippen LogP contribution in [0.15, 0.2) is 30.5 Å². The quantitative estimate of drug-likeness (QED) is 0.608. The minimum Gasteiger partial charge on any atom is -0.369 e. The number of carbonyl (C=O) groups is 3. The molecule has 4 amide bonds. The van der Waals surface area contributed by atoms with Gasteiger partial charge in [0, 0.05) is 43.6 Å². The van der Waals surface area contributed by atoms with Gasteiger partial charge in [0.05, 0.1) is 19.6 Å². The van der Waals surface area contributed by atoms with Crippen LogP contribution in [-0.4, -0.2) is 72.0 Å². The lowest BCUT2D eigenvalue weighted by Gasteiger charge is -2.39. The largest absolute Gasteiger partial charge is 0.369 e. The standard InChI is InChI=1S/C23H30N8O3/c1-15-5-3-4-6-18(15)31-12-16-11-26-22(27-21(16)28(2)23(31)34)30(14-20(25)33)17-7-9-29(10-8-17)13-19(24)32/h3-6,11,17H,7-10,12-14H2,1-2H3,(H2,24,32)(H2,25,33). The van der Waals surface area contributed by atoms with Crippen molar-refractivity contribution in [2.45, 2.75) is 32.4 Å². The van der Waals surface area contributed by atoms with Gasteiger partial charge < -0.3 is 16.4 Å². The number of piperidine rings is 1. The monoisotopic (exact) mass is 466 g/mol. The lowest BCUT2D eigenvalue weighted by atomic mass is 10.0. The molecular weight excluding hydrogens is 436 g/mol. The van der Waals surface area contributed by atoms with E-state index >= 15 is 0 Å². The summed E-state index contributed by atoms with van der Waals surface area (Å²) in [5.74, 6) is 0.0179. The summed E-state index contributed by atoms with van der Waals surface area (Å²) in [5.41, 5.74) is 13.5. The number of urea groups is 1. The third-order valence-electron chi connectivity index (χ3n) is 6.36. The number of benzene rings is 1. The molecule has 0 atom stereocenters. The minimum absolute atomic E-state index is 0.0252. The van der Waals surface area contributed by atoms with Gasteiger partial charge in [-0.05, 0) is 31.4 Å². The number of para-hydroxylation sites is 1. The average molecular weight is 467 g/mol. The first-order valence-corrected chi connectivity index (χ1v) is 11.3. The molecule has 0 spiro atoms. The van der Waals surface area contributed by atoms with Gasteiger partial charge in [0.15, 0.2) is 0 Å². The average Bonchev–Trinajstić information content (AvgIpc) is 2.80. The number of amides is 4. The number of likely N-dealkylation sites (tertiary alicyclic amines) is 1. The Bertz CT molecular complexity index is 1100. The lowest BCUT2D eigenvalue weighted by Crippen LogP contribution is -2.50. The van der Waals surface area contributed by atoms with Crippen LogP contribution in [-0.2, 0) is 16.1 Å². The van der Waals surface area contributed by atoms with E-state index in [1.165, 1.54) is 4.90 Å². The van der Waals surface area contributed by atoms with Crippen LogP contribution in [0.3, 0.4) is 0 Å². The van der Waals surface area contributed by atoms with Crippen LogP contribution in [0.1, 0.15) is 24.0 Å². The molecule has 2 aromatic rings. The highest BCUT2D eigenvalue weighted by atomic mass is 16.2.